The summed E-state index contributed by atoms with van der Waals surface area (Å²) in [5, 5.41) is 8.10. The van der Waals surface area contributed by atoms with Gasteiger partial charge in [-0.2, -0.15) is 13.2 Å². The molecule has 1 saturated carbocycles. The van der Waals surface area contributed by atoms with Crippen molar-refractivity contribution in [3.63, 3.8) is 0 Å². The second kappa shape index (κ2) is 9.82. The summed E-state index contributed by atoms with van der Waals surface area (Å²) in [6, 6.07) is 4.40. The van der Waals surface area contributed by atoms with Crippen LogP contribution in [0.2, 0.25) is 5.02 Å². The fourth-order valence-corrected chi connectivity index (χ4v) is 6.19. The van der Waals surface area contributed by atoms with Gasteiger partial charge < -0.3 is 14.5 Å². The molecule has 0 radical (unpaired) electrons. The Kier molecular flexibility index (Phi) is 6.94. The van der Waals surface area contributed by atoms with Crippen LogP contribution in [0.5, 0.6) is 0 Å². The first-order chi connectivity index (χ1) is 16.7. The Bertz CT molecular complexity index is 1050. The van der Waals surface area contributed by atoms with E-state index in [-0.39, 0.29) is 28.1 Å². The third-order valence-electron chi connectivity index (χ3n) is 7.82. The summed E-state index contributed by atoms with van der Waals surface area (Å²) in [7, 11) is 1.67. The first kappa shape index (κ1) is 24.7. The van der Waals surface area contributed by atoms with Crippen LogP contribution in [0.15, 0.2) is 24.3 Å². The van der Waals surface area contributed by atoms with Gasteiger partial charge in [0, 0.05) is 51.5 Å². The van der Waals surface area contributed by atoms with Crippen LogP contribution in [0.25, 0.3) is 11.3 Å². The van der Waals surface area contributed by atoms with E-state index < -0.39 is 17.6 Å². The zero-order chi connectivity index (χ0) is 24.7. The van der Waals surface area contributed by atoms with Crippen molar-refractivity contribution in [2.24, 2.45) is 17.8 Å². The Balaban J connectivity index is 1.31. The SMILES string of the molecule is CN(c1nnc(-c2cc(F)ccc2Cl)cc1C(F)(F)F)C1CC2CN(CC3CCOCC3)CC2C1. The summed E-state index contributed by atoms with van der Waals surface area (Å²) < 4.78 is 61.3. The summed E-state index contributed by atoms with van der Waals surface area (Å²) in [5.41, 5.74) is -0.909. The number of benzene rings is 1. The van der Waals surface area contributed by atoms with E-state index in [1.807, 2.05) is 0 Å². The summed E-state index contributed by atoms with van der Waals surface area (Å²) in [6.07, 6.45) is -0.757. The van der Waals surface area contributed by atoms with Crippen LogP contribution in [-0.4, -0.2) is 61.0 Å². The second-order valence-corrected chi connectivity index (χ2v) is 10.5. The maximum atomic E-state index is 14.1. The first-order valence-corrected chi connectivity index (χ1v) is 12.5. The molecule has 5 nitrogen and oxygen atoms in total. The quantitative estimate of drug-likeness (QED) is 0.493. The molecule has 2 unspecified atom stereocenters. The fraction of sp³-hybridized carbons (Fsp3) is 0.600. The molecule has 190 valence electrons. The highest BCUT2D eigenvalue weighted by atomic mass is 35.5. The minimum atomic E-state index is -4.64. The highest BCUT2D eigenvalue weighted by molar-refractivity contribution is 6.33. The third-order valence-corrected chi connectivity index (χ3v) is 8.15. The van der Waals surface area contributed by atoms with Gasteiger partial charge in [0.05, 0.1) is 10.7 Å². The molecule has 0 bridgehead atoms. The van der Waals surface area contributed by atoms with E-state index in [4.69, 9.17) is 16.3 Å². The number of alkyl halides is 3. The molecule has 0 N–H and O–H groups in total. The maximum absolute atomic E-state index is 14.1. The van der Waals surface area contributed by atoms with E-state index >= 15 is 0 Å². The van der Waals surface area contributed by atoms with Crippen molar-refractivity contribution in [2.45, 2.75) is 37.9 Å². The maximum Gasteiger partial charge on any atom is 0.420 e. The Labute approximate surface area is 207 Å². The molecule has 3 aliphatic rings. The van der Waals surface area contributed by atoms with E-state index in [1.165, 1.54) is 6.07 Å². The molecule has 2 aromatic rings. The van der Waals surface area contributed by atoms with Gasteiger partial charge in [-0.15, -0.1) is 10.2 Å². The lowest BCUT2D eigenvalue weighted by molar-refractivity contribution is -0.137. The molecule has 5 rings (SSSR count). The average Bonchev–Trinajstić information content (AvgIpc) is 3.39. The predicted octanol–water partition coefficient (Wildman–Crippen LogP) is 5.53. The van der Waals surface area contributed by atoms with E-state index in [1.54, 1.807) is 11.9 Å². The molecule has 1 aromatic carbocycles. The van der Waals surface area contributed by atoms with Gasteiger partial charge in [0.25, 0.3) is 0 Å². The minimum Gasteiger partial charge on any atom is -0.381 e. The third kappa shape index (κ3) is 5.27. The van der Waals surface area contributed by atoms with Crippen LogP contribution in [0.1, 0.15) is 31.2 Å². The highest BCUT2D eigenvalue weighted by Gasteiger charge is 2.44. The highest BCUT2D eigenvalue weighted by Crippen LogP contribution is 2.44. The number of rotatable bonds is 5. The number of fused-ring (bicyclic) bond motifs is 1. The normalized spacial score (nSPS) is 25.7. The van der Waals surface area contributed by atoms with Crippen molar-refractivity contribution in [3.05, 3.63) is 40.7 Å². The Morgan fingerprint density at radius 1 is 1.09 bits per heavy atom. The lowest BCUT2D eigenvalue weighted by Crippen LogP contribution is -2.36. The molecule has 1 aliphatic carbocycles. The molecule has 0 amide bonds. The van der Waals surface area contributed by atoms with Crippen molar-refractivity contribution < 1.29 is 22.3 Å². The van der Waals surface area contributed by atoms with Crippen molar-refractivity contribution in [1.29, 1.82) is 0 Å². The number of nitrogens with zero attached hydrogens (tertiary/aromatic N) is 4. The predicted molar refractivity (Wildman–Crippen MR) is 126 cm³/mol. The second-order valence-electron chi connectivity index (χ2n) is 10.1. The van der Waals surface area contributed by atoms with Gasteiger partial charge in [-0.25, -0.2) is 4.39 Å². The van der Waals surface area contributed by atoms with Gasteiger partial charge >= 0.3 is 6.18 Å². The van der Waals surface area contributed by atoms with Crippen LogP contribution < -0.4 is 4.90 Å². The zero-order valence-electron chi connectivity index (χ0n) is 19.6. The molecule has 2 atom stereocenters. The molecule has 0 spiro atoms. The number of halogens is 5. The van der Waals surface area contributed by atoms with Crippen LogP contribution in [0.4, 0.5) is 23.4 Å². The van der Waals surface area contributed by atoms with Gasteiger partial charge in [-0.3, -0.25) is 0 Å². The van der Waals surface area contributed by atoms with Gasteiger partial charge in [-0.05, 0) is 67.7 Å². The molecule has 3 fully saturated rings. The lowest BCUT2D eigenvalue weighted by Gasteiger charge is -2.30. The standard InChI is InChI=1S/C25H29ClF4N4O/c1-33(19-8-16-13-34(14-17(16)9-19)12-15-4-6-35-7-5-15)24-21(25(28,29)30)11-23(31-32-24)20-10-18(27)2-3-22(20)26/h2-3,10-11,15-17,19H,4-9,12-14H2,1H3. The van der Waals surface area contributed by atoms with Gasteiger partial charge in [-0.1, -0.05) is 11.6 Å². The number of ether oxygens (including phenoxy) is 1. The number of anilines is 1. The summed E-state index contributed by atoms with van der Waals surface area (Å²) in [6.45, 7) is 4.77. The van der Waals surface area contributed by atoms with Gasteiger partial charge in [0.2, 0.25) is 0 Å². The van der Waals surface area contributed by atoms with Crippen LogP contribution in [0, 0.1) is 23.6 Å². The van der Waals surface area contributed by atoms with Crippen LogP contribution in [-0.2, 0) is 10.9 Å². The van der Waals surface area contributed by atoms with Crippen LogP contribution in [0.3, 0.4) is 0 Å². The van der Waals surface area contributed by atoms with E-state index in [0.717, 1.165) is 76.7 Å². The summed E-state index contributed by atoms with van der Waals surface area (Å²) in [4.78, 5) is 4.16. The van der Waals surface area contributed by atoms with Gasteiger partial charge in [0.1, 0.15) is 11.4 Å². The molecular weight excluding hydrogens is 484 g/mol. The average molecular weight is 513 g/mol. The molecule has 2 saturated heterocycles. The van der Waals surface area contributed by atoms with Crippen molar-refractivity contribution in [2.75, 3.05) is 44.8 Å². The summed E-state index contributed by atoms with van der Waals surface area (Å²) in [5.74, 6) is 0.836. The van der Waals surface area contributed by atoms with Crippen molar-refractivity contribution >= 4 is 17.4 Å². The number of likely N-dealkylation sites (tertiary alicyclic amines) is 1. The molecule has 35 heavy (non-hydrogen) atoms. The Hall–Kier alpha value is -1.97. The molecule has 10 heteroatoms. The smallest absolute Gasteiger partial charge is 0.381 e. The van der Waals surface area contributed by atoms with E-state index in [2.05, 4.69) is 15.1 Å². The molecular formula is C25H29ClF4N4O. The number of aromatic nitrogens is 2. The zero-order valence-corrected chi connectivity index (χ0v) is 20.3. The van der Waals surface area contributed by atoms with Crippen LogP contribution >= 0.6 is 11.6 Å². The summed E-state index contributed by atoms with van der Waals surface area (Å²) >= 11 is 6.09. The van der Waals surface area contributed by atoms with E-state index in [0.29, 0.717) is 17.8 Å². The minimum absolute atomic E-state index is 0.0331. The van der Waals surface area contributed by atoms with E-state index in [9.17, 15) is 17.6 Å². The Morgan fingerprint density at radius 2 is 1.77 bits per heavy atom. The Morgan fingerprint density at radius 3 is 2.43 bits per heavy atom. The first-order valence-electron chi connectivity index (χ1n) is 12.1. The van der Waals surface area contributed by atoms with Crippen molar-refractivity contribution in [3.8, 4) is 11.3 Å². The molecule has 2 aliphatic heterocycles. The number of hydrogen-bond donors (Lipinski definition) is 0. The monoisotopic (exact) mass is 512 g/mol. The van der Waals surface area contributed by atoms with Gasteiger partial charge in [0.15, 0.2) is 5.82 Å². The lowest BCUT2D eigenvalue weighted by atomic mass is 10.00. The number of hydrogen-bond acceptors (Lipinski definition) is 5. The molecule has 1 aromatic heterocycles. The largest absolute Gasteiger partial charge is 0.420 e. The fourth-order valence-electron chi connectivity index (χ4n) is 5.98. The van der Waals surface area contributed by atoms with Crippen molar-refractivity contribution in [1.82, 2.24) is 15.1 Å². The molecule has 3 heterocycles. The topological polar surface area (TPSA) is 41.5 Å².